The summed E-state index contributed by atoms with van der Waals surface area (Å²) in [5.41, 5.74) is 7.04. The molecule has 0 saturated carbocycles. The van der Waals surface area contributed by atoms with Crippen molar-refractivity contribution in [2.75, 3.05) is 27.3 Å². The van der Waals surface area contributed by atoms with E-state index in [1.165, 1.54) is 0 Å². The van der Waals surface area contributed by atoms with E-state index in [0.717, 1.165) is 5.56 Å². The molecule has 1 heterocycles. The summed E-state index contributed by atoms with van der Waals surface area (Å²) in [6, 6.07) is 3.55. The van der Waals surface area contributed by atoms with Crippen LogP contribution in [-0.2, 0) is 11.3 Å². The van der Waals surface area contributed by atoms with Crippen LogP contribution in [0.3, 0.4) is 0 Å². The molecule has 2 atom stereocenters. The van der Waals surface area contributed by atoms with Gasteiger partial charge in [-0.3, -0.25) is 4.79 Å². The summed E-state index contributed by atoms with van der Waals surface area (Å²) in [4.78, 5) is 13.9. The van der Waals surface area contributed by atoms with Crippen LogP contribution >= 0.6 is 12.4 Å². The quantitative estimate of drug-likeness (QED) is 0.863. The molecular formula is C15H23ClN2O4. The number of nitrogens with zero attached hydrogens (tertiary/aromatic N) is 1. The highest BCUT2D eigenvalue weighted by Crippen LogP contribution is 2.39. The number of carbonyl (C=O) groups is 1. The molecule has 7 heteroatoms. The molecule has 6 nitrogen and oxygen atoms in total. The fourth-order valence-corrected chi connectivity index (χ4v) is 2.66. The predicted octanol–water partition coefficient (Wildman–Crippen LogP) is 1.10. The Morgan fingerprint density at radius 1 is 1.41 bits per heavy atom. The third kappa shape index (κ3) is 3.29. The maximum atomic E-state index is 12.3. The van der Waals surface area contributed by atoms with Crippen LogP contribution in [0.4, 0.5) is 0 Å². The smallest absolute Gasteiger partial charge is 0.227 e. The lowest BCUT2D eigenvalue weighted by atomic mass is 9.94. The van der Waals surface area contributed by atoms with Crippen molar-refractivity contribution in [3.8, 4) is 11.5 Å². The minimum absolute atomic E-state index is 0. The molecule has 0 aromatic heterocycles. The van der Waals surface area contributed by atoms with Crippen molar-refractivity contribution in [3.63, 3.8) is 0 Å². The molecule has 0 saturated heterocycles. The first-order chi connectivity index (χ1) is 10.0. The summed E-state index contributed by atoms with van der Waals surface area (Å²) in [6.07, 6.45) is -0.798. The monoisotopic (exact) mass is 330 g/mol. The maximum absolute atomic E-state index is 12.3. The van der Waals surface area contributed by atoms with E-state index in [2.05, 4.69) is 0 Å². The number of rotatable bonds is 4. The second-order valence-electron chi connectivity index (χ2n) is 5.23. The first-order valence-electron chi connectivity index (χ1n) is 6.94. The second kappa shape index (κ2) is 7.67. The number of β-amino-alcohol motifs (C(OH)–C–C–N with tert-alkyl or cyclic N) is 1. The Morgan fingerprint density at radius 3 is 2.55 bits per heavy atom. The lowest BCUT2D eigenvalue weighted by molar-refractivity contribution is -0.137. The highest BCUT2D eigenvalue weighted by Gasteiger charge is 2.33. The van der Waals surface area contributed by atoms with Crippen molar-refractivity contribution >= 4 is 18.3 Å². The van der Waals surface area contributed by atoms with Crippen molar-refractivity contribution in [3.05, 3.63) is 23.3 Å². The van der Waals surface area contributed by atoms with Crippen molar-refractivity contribution in [1.29, 1.82) is 0 Å². The van der Waals surface area contributed by atoms with Gasteiger partial charge in [-0.15, -0.1) is 12.4 Å². The van der Waals surface area contributed by atoms with E-state index in [9.17, 15) is 9.90 Å². The Balaban J connectivity index is 0.00000242. The van der Waals surface area contributed by atoms with Crippen molar-refractivity contribution in [2.45, 2.75) is 19.6 Å². The van der Waals surface area contributed by atoms with Gasteiger partial charge in [-0.2, -0.15) is 0 Å². The molecule has 1 aromatic carbocycles. The molecule has 2 unspecified atom stereocenters. The molecule has 22 heavy (non-hydrogen) atoms. The molecule has 1 aromatic rings. The van der Waals surface area contributed by atoms with Gasteiger partial charge in [0.1, 0.15) is 17.6 Å². The summed E-state index contributed by atoms with van der Waals surface area (Å²) in [5.74, 6) is 0.919. The molecule has 0 fully saturated rings. The van der Waals surface area contributed by atoms with E-state index >= 15 is 0 Å². The molecule has 0 aliphatic carbocycles. The third-order valence-electron chi connectivity index (χ3n) is 3.88. The summed E-state index contributed by atoms with van der Waals surface area (Å²) in [7, 11) is 3.13. The number of aliphatic hydroxyl groups excluding tert-OH is 1. The average molecular weight is 331 g/mol. The first kappa shape index (κ1) is 18.5. The SMILES string of the molecule is COc1ccc(OC)c2c1CN(C(=O)C(C)CN)CC2O.Cl. The number of hydrogen-bond donors (Lipinski definition) is 2. The molecule has 1 aliphatic heterocycles. The lowest BCUT2D eigenvalue weighted by Gasteiger charge is -2.35. The third-order valence-corrected chi connectivity index (χ3v) is 3.88. The zero-order chi connectivity index (χ0) is 15.6. The summed E-state index contributed by atoms with van der Waals surface area (Å²) in [5, 5.41) is 10.4. The van der Waals surface area contributed by atoms with E-state index in [1.54, 1.807) is 38.2 Å². The minimum atomic E-state index is -0.798. The topological polar surface area (TPSA) is 85.0 Å². The summed E-state index contributed by atoms with van der Waals surface area (Å²) < 4.78 is 10.7. The number of ether oxygens (including phenoxy) is 2. The Hall–Kier alpha value is -1.50. The van der Waals surface area contributed by atoms with E-state index < -0.39 is 6.10 Å². The van der Waals surface area contributed by atoms with E-state index in [4.69, 9.17) is 15.2 Å². The Labute approximate surface area is 136 Å². The second-order valence-corrected chi connectivity index (χ2v) is 5.23. The van der Waals surface area contributed by atoms with Gasteiger partial charge in [-0.25, -0.2) is 0 Å². The van der Waals surface area contributed by atoms with Gasteiger partial charge in [0.05, 0.1) is 20.8 Å². The van der Waals surface area contributed by atoms with Gasteiger partial charge >= 0.3 is 0 Å². The number of nitrogens with two attached hydrogens (primary N) is 1. The van der Waals surface area contributed by atoms with Gasteiger partial charge in [0.15, 0.2) is 0 Å². The molecular weight excluding hydrogens is 308 g/mol. The fourth-order valence-electron chi connectivity index (χ4n) is 2.66. The van der Waals surface area contributed by atoms with Gasteiger partial charge in [-0.05, 0) is 12.1 Å². The van der Waals surface area contributed by atoms with Crippen LogP contribution < -0.4 is 15.2 Å². The predicted molar refractivity (Wildman–Crippen MR) is 85.4 cm³/mol. The van der Waals surface area contributed by atoms with Crippen LogP contribution in [0, 0.1) is 5.92 Å². The number of benzene rings is 1. The molecule has 0 bridgehead atoms. The number of halogens is 1. The summed E-state index contributed by atoms with van der Waals surface area (Å²) >= 11 is 0. The normalized spacial score (nSPS) is 18.0. The first-order valence-corrected chi connectivity index (χ1v) is 6.94. The molecule has 0 radical (unpaired) electrons. The van der Waals surface area contributed by atoms with Crippen LogP contribution in [0.2, 0.25) is 0 Å². The Bertz CT molecular complexity index is 539. The van der Waals surface area contributed by atoms with Crippen LogP contribution in [-0.4, -0.2) is 43.2 Å². The minimum Gasteiger partial charge on any atom is -0.496 e. The number of methoxy groups -OCH3 is 2. The van der Waals surface area contributed by atoms with Crippen molar-refractivity contribution in [2.24, 2.45) is 11.7 Å². The molecule has 0 spiro atoms. The number of fused-ring (bicyclic) bond motifs is 1. The van der Waals surface area contributed by atoms with Gasteiger partial charge in [-0.1, -0.05) is 6.92 Å². The standard InChI is InChI=1S/C15H22N2O4.ClH/c1-9(6-16)15(19)17-7-10-12(20-2)4-5-13(21-3)14(10)11(18)8-17;/h4-5,9,11,18H,6-8,16H2,1-3H3;1H. The van der Waals surface area contributed by atoms with Gasteiger partial charge < -0.3 is 25.2 Å². The van der Waals surface area contributed by atoms with Gasteiger partial charge in [0.2, 0.25) is 5.91 Å². The molecule has 1 aliphatic rings. The maximum Gasteiger partial charge on any atom is 0.227 e. The lowest BCUT2D eigenvalue weighted by Crippen LogP contribution is -2.42. The zero-order valence-electron chi connectivity index (χ0n) is 13.0. The van der Waals surface area contributed by atoms with Gasteiger partial charge in [0.25, 0.3) is 0 Å². The highest BCUT2D eigenvalue weighted by atomic mass is 35.5. The number of carbonyl (C=O) groups excluding carboxylic acids is 1. The Morgan fingerprint density at radius 2 is 2.00 bits per heavy atom. The highest BCUT2D eigenvalue weighted by molar-refractivity contribution is 5.85. The zero-order valence-corrected chi connectivity index (χ0v) is 13.9. The van der Waals surface area contributed by atoms with E-state index in [0.29, 0.717) is 23.6 Å². The van der Waals surface area contributed by atoms with Crippen LogP contribution in [0.5, 0.6) is 11.5 Å². The largest absolute Gasteiger partial charge is 0.496 e. The van der Waals surface area contributed by atoms with E-state index in [1.807, 2.05) is 0 Å². The average Bonchev–Trinajstić information content (AvgIpc) is 2.51. The number of aliphatic hydroxyl groups is 1. The fraction of sp³-hybridized carbons (Fsp3) is 0.533. The molecule has 3 N–H and O–H groups in total. The Kier molecular flexibility index (Phi) is 6.47. The number of hydrogen-bond acceptors (Lipinski definition) is 5. The van der Waals surface area contributed by atoms with Crippen molar-refractivity contribution in [1.82, 2.24) is 4.90 Å². The van der Waals surface area contributed by atoms with Gasteiger partial charge in [0, 0.05) is 30.1 Å². The van der Waals surface area contributed by atoms with Crippen LogP contribution in [0.1, 0.15) is 24.2 Å². The summed E-state index contributed by atoms with van der Waals surface area (Å²) in [6.45, 7) is 2.69. The molecule has 124 valence electrons. The van der Waals surface area contributed by atoms with Crippen molar-refractivity contribution < 1.29 is 19.4 Å². The molecule has 1 amide bonds. The van der Waals surface area contributed by atoms with Crippen LogP contribution in [0.25, 0.3) is 0 Å². The number of amides is 1. The van der Waals surface area contributed by atoms with Crippen LogP contribution in [0.15, 0.2) is 12.1 Å². The van der Waals surface area contributed by atoms with E-state index in [-0.39, 0.29) is 37.3 Å². The molecule has 2 rings (SSSR count).